The van der Waals surface area contributed by atoms with Crippen LogP contribution < -0.4 is 0 Å². The van der Waals surface area contributed by atoms with Crippen LogP contribution in [0.4, 0.5) is 0 Å². The summed E-state index contributed by atoms with van der Waals surface area (Å²) < 4.78 is 6.45. The van der Waals surface area contributed by atoms with E-state index >= 15 is 0 Å². The van der Waals surface area contributed by atoms with Crippen molar-refractivity contribution in [2.45, 2.75) is 6.42 Å². The van der Waals surface area contributed by atoms with Crippen molar-refractivity contribution in [3.8, 4) is 5.75 Å². The fourth-order valence-corrected chi connectivity index (χ4v) is 2.14. The maximum atomic E-state index is 11.5. The number of pyridine rings is 1. The van der Waals surface area contributed by atoms with E-state index in [1.165, 1.54) is 7.11 Å². The van der Waals surface area contributed by atoms with Crippen LogP contribution in [0.3, 0.4) is 0 Å². The average Bonchev–Trinajstić information content (AvgIpc) is 2.91. The van der Waals surface area contributed by atoms with Gasteiger partial charge in [-0.25, -0.2) is 4.79 Å². The zero-order chi connectivity index (χ0) is 14.8. The predicted molar refractivity (Wildman–Crippen MR) is 75.2 cm³/mol. The van der Waals surface area contributed by atoms with Gasteiger partial charge in [-0.1, -0.05) is 18.2 Å². The second kappa shape index (κ2) is 5.24. The number of rotatable bonds is 3. The first kappa shape index (κ1) is 13.1. The van der Waals surface area contributed by atoms with Gasteiger partial charge in [0, 0.05) is 18.2 Å². The quantitative estimate of drug-likeness (QED) is 0.742. The van der Waals surface area contributed by atoms with Gasteiger partial charge in [-0.15, -0.1) is 10.2 Å². The Bertz CT molecular complexity index is 811. The van der Waals surface area contributed by atoms with E-state index in [0.29, 0.717) is 23.5 Å². The monoisotopic (exact) mass is 283 g/mol. The number of aromatic nitrogens is 3. The zero-order valence-corrected chi connectivity index (χ0v) is 11.4. The van der Waals surface area contributed by atoms with E-state index in [4.69, 9.17) is 0 Å². The summed E-state index contributed by atoms with van der Waals surface area (Å²) in [6.45, 7) is 0. The number of hydrogen-bond acceptors (Lipinski definition) is 5. The maximum absolute atomic E-state index is 11.5. The highest BCUT2D eigenvalue weighted by molar-refractivity contribution is 5.90. The molecule has 2 heterocycles. The fraction of sp³-hybridized carbons (Fsp3) is 0.133. The zero-order valence-electron chi connectivity index (χ0n) is 11.4. The third-order valence-corrected chi connectivity index (χ3v) is 3.24. The van der Waals surface area contributed by atoms with Crippen LogP contribution in [0.25, 0.3) is 5.65 Å². The highest BCUT2D eigenvalue weighted by Gasteiger charge is 2.12. The van der Waals surface area contributed by atoms with E-state index in [2.05, 4.69) is 14.9 Å². The normalized spacial score (nSPS) is 10.7. The summed E-state index contributed by atoms with van der Waals surface area (Å²) in [5, 5.41) is 18.0. The van der Waals surface area contributed by atoms with Crippen LogP contribution in [0.15, 0.2) is 42.6 Å². The van der Waals surface area contributed by atoms with Gasteiger partial charge in [0.05, 0.1) is 12.7 Å². The molecule has 0 saturated heterocycles. The van der Waals surface area contributed by atoms with Gasteiger partial charge < -0.3 is 9.84 Å². The lowest BCUT2D eigenvalue weighted by molar-refractivity contribution is 0.0600. The molecule has 0 fully saturated rings. The molecule has 0 amide bonds. The van der Waals surface area contributed by atoms with Crippen LogP contribution in [0.5, 0.6) is 5.75 Å². The van der Waals surface area contributed by atoms with Crippen molar-refractivity contribution < 1.29 is 14.6 Å². The third kappa shape index (κ3) is 2.43. The smallest absolute Gasteiger partial charge is 0.338 e. The van der Waals surface area contributed by atoms with Gasteiger partial charge in [-0.05, 0) is 18.2 Å². The molecule has 2 aromatic heterocycles. The number of phenols is 1. The van der Waals surface area contributed by atoms with Crippen LogP contribution in [0.1, 0.15) is 21.7 Å². The number of carbonyl (C=O) groups is 1. The van der Waals surface area contributed by atoms with Gasteiger partial charge in [0.25, 0.3) is 0 Å². The number of benzene rings is 1. The van der Waals surface area contributed by atoms with Gasteiger partial charge in [-0.3, -0.25) is 4.40 Å². The SMILES string of the molecule is COC(=O)c1ccn2c(Cc3ccccc3O)nnc2c1. The number of phenolic OH excluding ortho intramolecular Hbond substituents is 1. The fourth-order valence-electron chi connectivity index (χ4n) is 2.14. The molecule has 106 valence electrons. The summed E-state index contributed by atoms with van der Waals surface area (Å²) in [6.07, 6.45) is 2.17. The van der Waals surface area contributed by atoms with Gasteiger partial charge in [0.1, 0.15) is 11.6 Å². The number of esters is 1. The van der Waals surface area contributed by atoms with E-state index in [0.717, 1.165) is 5.56 Å². The molecule has 0 aliphatic rings. The average molecular weight is 283 g/mol. The Morgan fingerprint density at radius 2 is 2.10 bits per heavy atom. The van der Waals surface area contributed by atoms with Crippen molar-refractivity contribution in [3.05, 3.63) is 59.5 Å². The van der Waals surface area contributed by atoms with Gasteiger partial charge in [-0.2, -0.15) is 0 Å². The standard InChI is InChI=1S/C15H13N3O3/c1-21-15(20)11-6-7-18-13(16-17-14(18)9-11)8-10-4-2-3-5-12(10)19/h2-7,9,19H,8H2,1H3. The molecule has 0 bridgehead atoms. The van der Waals surface area contributed by atoms with Crippen LogP contribution in [0.2, 0.25) is 0 Å². The summed E-state index contributed by atoms with van der Waals surface area (Å²) in [7, 11) is 1.33. The number of carbonyl (C=O) groups excluding carboxylic acids is 1. The molecular weight excluding hydrogens is 270 g/mol. The lowest BCUT2D eigenvalue weighted by Crippen LogP contribution is -2.03. The van der Waals surface area contributed by atoms with Gasteiger partial charge in [0.2, 0.25) is 0 Å². The molecule has 0 aliphatic heterocycles. The molecule has 0 spiro atoms. The van der Waals surface area contributed by atoms with Gasteiger partial charge >= 0.3 is 5.97 Å². The Hall–Kier alpha value is -2.89. The number of hydrogen-bond donors (Lipinski definition) is 1. The largest absolute Gasteiger partial charge is 0.508 e. The van der Waals surface area contributed by atoms with E-state index in [1.807, 2.05) is 12.1 Å². The van der Waals surface area contributed by atoms with E-state index < -0.39 is 5.97 Å². The second-order valence-corrected chi connectivity index (χ2v) is 4.56. The lowest BCUT2D eigenvalue weighted by Gasteiger charge is -2.04. The van der Waals surface area contributed by atoms with Crippen molar-refractivity contribution in [3.63, 3.8) is 0 Å². The van der Waals surface area contributed by atoms with E-state index in [1.54, 1.807) is 34.9 Å². The van der Waals surface area contributed by atoms with Crippen molar-refractivity contribution in [2.24, 2.45) is 0 Å². The number of para-hydroxylation sites is 1. The molecule has 3 aromatic rings. The Kier molecular flexibility index (Phi) is 3.27. The summed E-state index contributed by atoms with van der Waals surface area (Å²) in [6, 6.07) is 10.4. The molecule has 0 aliphatic carbocycles. The van der Waals surface area contributed by atoms with Crippen LogP contribution in [-0.2, 0) is 11.2 Å². The molecule has 0 atom stereocenters. The minimum absolute atomic E-state index is 0.223. The number of ether oxygens (including phenoxy) is 1. The molecule has 0 radical (unpaired) electrons. The van der Waals surface area contributed by atoms with Crippen LogP contribution in [0, 0.1) is 0 Å². The highest BCUT2D eigenvalue weighted by atomic mass is 16.5. The predicted octanol–water partition coefficient (Wildman–Crippen LogP) is 1.81. The Morgan fingerprint density at radius 1 is 1.29 bits per heavy atom. The first-order chi connectivity index (χ1) is 10.2. The maximum Gasteiger partial charge on any atom is 0.338 e. The summed E-state index contributed by atoms with van der Waals surface area (Å²) >= 11 is 0. The molecular formula is C15H13N3O3. The number of methoxy groups -OCH3 is 1. The highest BCUT2D eigenvalue weighted by Crippen LogP contribution is 2.19. The molecule has 1 aromatic carbocycles. The summed E-state index contributed by atoms with van der Waals surface area (Å²) in [5.41, 5.74) is 1.75. The number of nitrogens with zero attached hydrogens (tertiary/aromatic N) is 3. The Labute approximate surface area is 120 Å². The third-order valence-electron chi connectivity index (χ3n) is 3.24. The van der Waals surface area contributed by atoms with Crippen molar-refractivity contribution in [1.82, 2.24) is 14.6 Å². The second-order valence-electron chi connectivity index (χ2n) is 4.56. The van der Waals surface area contributed by atoms with Crippen molar-refractivity contribution in [1.29, 1.82) is 0 Å². The summed E-state index contributed by atoms with van der Waals surface area (Å²) in [4.78, 5) is 11.5. The van der Waals surface area contributed by atoms with Crippen molar-refractivity contribution >= 4 is 11.6 Å². The van der Waals surface area contributed by atoms with Crippen LogP contribution in [-0.4, -0.2) is 32.8 Å². The van der Waals surface area contributed by atoms with Crippen molar-refractivity contribution in [2.75, 3.05) is 7.11 Å². The Morgan fingerprint density at radius 3 is 2.86 bits per heavy atom. The molecule has 21 heavy (non-hydrogen) atoms. The minimum Gasteiger partial charge on any atom is -0.508 e. The first-order valence-corrected chi connectivity index (χ1v) is 6.38. The van der Waals surface area contributed by atoms with Gasteiger partial charge in [0.15, 0.2) is 5.65 Å². The lowest BCUT2D eigenvalue weighted by atomic mass is 10.1. The molecule has 0 unspecified atom stereocenters. The van der Waals surface area contributed by atoms with Crippen LogP contribution >= 0.6 is 0 Å². The molecule has 0 saturated carbocycles. The molecule has 1 N–H and O–H groups in total. The molecule has 3 rings (SSSR count). The topological polar surface area (TPSA) is 76.7 Å². The van der Waals surface area contributed by atoms with E-state index in [9.17, 15) is 9.90 Å². The summed E-state index contributed by atoms with van der Waals surface area (Å²) in [5.74, 6) is 0.492. The number of fused-ring (bicyclic) bond motifs is 1. The Balaban J connectivity index is 1.98. The molecule has 6 heteroatoms. The molecule has 6 nitrogen and oxygen atoms in total. The minimum atomic E-state index is -0.414. The number of aromatic hydroxyl groups is 1. The van der Waals surface area contributed by atoms with E-state index in [-0.39, 0.29) is 5.75 Å². The first-order valence-electron chi connectivity index (χ1n) is 6.38.